The van der Waals surface area contributed by atoms with E-state index in [4.69, 9.17) is 0 Å². The molecular weight excluding hydrogens is 368 g/mol. The van der Waals surface area contributed by atoms with E-state index < -0.39 is 12.0 Å². The zero-order valence-electron chi connectivity index (χ0n) is 16.7. The quantitative estimate of drug-likeness (QED) is 0.756. The normalized spacial score (nSPS) is 14.3. The van der Waals surface area contributed by atoms with E-state index in [-0.39, 0.29) is 30.3 Å². The Balaban J connectivity index is 1.81. The second kappa shape index (κ2) is 8.90. The van der Waals surface area contributed by atoms with E-state index in [9.17, 15) is 19.5 Å². The van der Waals surface area contributed by atoms with Crippen LogP contribution in [-0.4, -0.2) is 46.4 Å². The van der Waals surface area contributed by atoms with Crippen molar-refractivity contribution in [3.05, 3.63) is 71.3 Å². The second-order valence-electron chi connectivity index (χ2n) is 7.75. The first kappa shape index (κ1) is 20.6. The lowest BCUT2D eigenvalue weighted by atomic mass is 10.0. The molecule has 0 spiro atoms. The molecule has 1 unspecified atom stereocenters. The molecule has 1 atom stereocenters. The first-order chi connectivity index (χ1) is 13.9. The Morgan fingerprint density at radius 2 is 1.55 bits per heavy atom. The molecule has 0 bridgehead atoms. The van der Waals surface area contributed by atoms with Crippen LogP contribution < -0.4 is 5.32 Å². The van der Waals surface area contributed by atoms with Crippen LogP contribution in [0.5, 0.6) is 0 Å². The highest BCUT2D eigenvalue weighted by Crippen LogP contribution is 2.26. The number of amides is 2. The number of carboxylic acids is 1. The lowest BCUT2D eigenvalue weighted by Crippen LogP contribution is -2.55. The topological polar surface area (TPSA) is 86.7 Å². The lowest BCUT2D eigenvalue weighted by molar-refractivity contribution is -0.147. The highest BCUT2D eigenvalue weighted by molar-refractivity contribution is 5.98. The number of carbonyl (C=O) groups excluding carboxylic acids is 2. The van der Waals surface area contributed by atoms with Gasteiger partial charge in [0.05, 0.1) is 0 Å². The number of fused-ring (bicyclic) bond motifs is 1. The Morgan fingerprint density at radius 3 is 2.07 bits per heavy atom. The summed E-state index contributed by atoms with van der Waals surface area (Å²) in [7, 11) is 0. The Kier molecular flexibility index (Phi) is 6.32. The number of carbonyl (C=O) groups is 3. The van der Waals surface area contributed by atoms with E-state index in [0.29, 0.717) is 18.4 Å². The van der Waals surface area contributed by atoms with Crippen molar-refractivity contribution in [2.75, 3.05) is 6.54 Å². The van der Waals surface area contributed by atoms with Gasteiger partial charge < -0.3 is 15.3 Å². The number of carboxylic acid groups (broad SMARTS) is 1. The molecule has 0 saturated carbocycles. The molecule has 0 fully saturated rings. The SMILES string of the molecule is CC(C)C(NC(=O)c1ccccc1)C(=O)N(CC(=O)O)C1Cc2ccccc2C1. The minimum absolute atomic E-state index is 0.185. The van der Waals surface area contributed by atoms with Gasteiger partial charge in [-0.1, -0.05) is 56.3 Å². The molecule has 2 N–H and O–H groups in total. The van der Waals surface area contributed by atoms with Gasteiger partial charge in [-0.05, 0) is 42.0 Å². The van der Waals surface area contributed by atoms with Crippen molar-refractivity contribution in [3.8, 4) is 0 Å². The molecule has 152 valence electrons. The summed E-state index contributed by atoms with van der Waals surface area (Å²) in [4.78, 5) is 38.9. The average Bonchev–Trinajstić information content (AvgIpc) is 3.13. The van der Waals surface area contributed by atoms with Crippen LogP contribution in [0.3, 0.4) is 0 Å². The highest BCUT2D eigenvalue weighted by Gasteiger charge is 2.36. The van der Waals surface area contributed by atoms with E-state index in [1.54, 1.807) is 24.3 Å². The Morgan fingerprint density at radius 1 is 1.00 bits per heavy atom. The minimum atomic E-state index is -1.06. The Hall–Kier alpha value is -3.15. The van der Waals surface area contributed by atoms with Gasteiger partial charge in [-0.25, -0.2) is 0 Å². The van der Waals surface area contributed by atoms with Gasteiger partial charge >= 0.3 is 5.97 Å². The number of rotatable bonds is 7. The third-order valence-corrected chi connectivity index (χ3v) is 5.31. The number of nitrogens with one attached hydrogen (secondary N) is 1. The third-order valence-electron chi connectivity index (χ3n) is 5.31. The van der Waals surface area contributed by atoms with Crippen LogP contribution in [0.2, 0.25) is 0 Å². The molecular formula is C23H26N2O4. The molecule has 3 rings (SSSR count). The van der Waals surface area contributed by atoms with Crippen molar-refractivity contribution in [1.29, 1.82) is 0 Å². The van der Waals surface area contributed by atoms with Crippen LogP contribution in [-0.2, 0) is 22.4 Å². The summed E-state index contributed by atoms with van der Waals surface area (Å²) >= 11 is 0. The fourth-order valence-corrected chi connectivity index (χ4v) is 3.80. The maximum absolute atomic E-state index is 13.4. The molecule has 2 aromatic carbocycles. The zero-order valence-corrected chi connectivity index (χ0v) is 16.7. The molecule has 0 saturated heterocycles. The van der Waals surface area contributed by atoms with Gasteiger partial charge in [-0.2, -0.15) is 0 Å². The number of hydrogen-bond acceptors (Lipinski definition) is 3. The molecule has 6 heteroatoms. The molecule has 1 aliphatic rings. The van der Waals surface area contributed by atoms with Crippen molar-refractivity contribution in [1.82, 2.24) is 10.2 Å². The van der Waals surface area contributed by atoms with E-state index in [1.165, 1.54) is 4.90 Å². The van der Waals surface area contributed by atoms with Crippen molar-refractivity contribution < 1.29 is 19.5 Å². The van der Waals surface area contributed by atoms with Gasteiger partial charge in [-0.3, -0.25) is 14.4 Å². The molecule has 29 heavy (non-hydrogen) atoms. The predicted octanol–water partition coefficient (Wildman–Crippen LogP) is 2.52. The van der Waals surface area contributed by atoms with Crippen LogP contribution in [0, 0.1) is 5.92 Å². The number of aliphatic carboxylic acids is 1. The first-order valence-corrected chi connectivity index (χ1v) is 9.81. The molecule has 2 amide bonds. The van der Waals surface area contributed by atoms with Crippen LogP contribution in [0.15, 0.2) is 54.6 Å². The summed E-state index contributed by atoms with van der Waals surface area (Å²) in [5.74, 6) is -1.95. The number of nitrogens with zero attached hydrogens (tertiary/aromatic N) is 1. The highest BCUT2D eigenvalue weighted by atomic mass is 16.4. The van der Waals surface area contributed by atoms with E-state index >= 15 is 0 Å². The average molecular weight is 394 g/mol. The van der Waals surface area contributed by atoms with Crippen molar-refractivity contribution in [2.45, 2.75) is 38.8 Å². The molecule has 0 heterocycles. The van der Waals surface area contributed by atoms with Crippen LogP contribution in [0.1, 0.15) is 35.3 Å². The van der Waals surface area contributed by atoms with Crippen molar-refractivity contribution in [2.24, 2.45) is 5.92 Å². The number of benzene rings is 2. The molecule has 0 radical (unpaired) electrons. The van der Waals surface area contributed by atoms with Crippen LogP contribution in [0.4, 0.5) is 0 Å². The van der Waals surface area contributed by atoms with Crippen molar-refractivity contribution >= 4 is 17.8 Å². The molecule has 6 nitrogen and oxygen atoms in total. The molecule has 0 aliphatic heterocycles. The minimum Gasteiger partial charge on any atom is -0.480 e. The third kappa shape index (κ3) is 4.83. The van der Waals surface area contributed by atoms with E-state index in [1.807, 2.05) is 44.2 Å². The Labute approximate surface area is 170 Å². The summed E-state index contributed by atoms with van der Waals surface area (Å²) in [6.45, 7) is 3.30. The van der Waals surface area contributed by atoms with Gasteiger partial charge in [0.2, 0.25) is 5.91 Å². The fraction of sp³-hybridized carbons (Fsp3) is 0.348. The van der Waals surface area contributed by atoms with Gasteiger partial charge in [0.1, 0.15) is 12.6 Å². The number of hydrogen-bond donors (Lipinski definition) is 2. The summed E-state index contributed by atoms with van der Waals surface area (Å²) in [5.41, 5.74) is 2.73. The maximum Gasteiger partial charge on any atom is 0.323 e. The van der Waals surface area contributed by atoms with Gasteiger partial charge in [-0.15, -0.1) is 0 Å². The van der Waals surface area contributed by atoms with Gasteiger partial charge in [0.15, 0.2) is 0 Å². The van der Waals surface area contributed by atoms with Crippen molar-refractivity contribution in [3.63, 3.8) is 0 Å². The maximum atomic E-state index is 13.4. The molecule has 0 aromatic heterocycles. The predicted molar refractivity (Wildman–Crippen MR) is 110 cm³/mol. The Bertz CT molecular complexity index is 870. The van der Waals surface area contributed by atoms with E-state index in [0.717, 1.165) is 11.1 Å². The second-order valence-corrected chi connectivity index (χ2v) is 7.75. The standard InChI is InChI=1S/C23H26N2O4/c1-15(2)21(24-22(28)16-8-4-3-5-9-16)23(29)25(14-20(26)27)19-12-17-10-6-7-11-18(17)13-19/h3-11,15,19,21H,12-14H2,1-2H3,(H,24,28)(H,26,27). The summed E-state index contributed by atoms with van der Waals surface area (Å²) in [6, 6.07) is 15.6. The molecule has 1 aliphatic carbocycles. The first-order valence-electron chi connectivity index (χ1n) is 9.81. The molecule has 2 aromatic rings. The fourth-order valence-electron chi connectivity index (χ4n) is 3.80. The zero-order chi connectivity index (χ0) is 21.0. The summed E-state index contributed by atoms with van der Waals surface area (Å²) in [5, 5.41) is 12.2. The van der Waals surface area contributed by atoms with Crippen LogP contribution >= 0.6 is 0 Å². The van der Waals surface area contributed by atoms with E-state index in [2.05, 4.69) is 5.32 Å². The largest absolute Gasteiger partial charge is 0.480 e. The lowest BCUT2D eigenvalue weighted by Gasteiger charge is -2.33. The smallest absolute Gasteiger partial charge is 0.323 e. The monoisotopic (exact) mass is 394 g/mol. The summed E-state index contributed by atoms with van der Waals surface area (Å²) in [6.07, 6.45) is 1.24. The van der Waals surface area contributed by atoms with Gasteiger partial charge in [0, 0.05) is 11.6 Å². The summed E-state index contributed by atoms with van der Waals surface area (Å²) < 4.78 is 0. The van der Waals surface area contributed by atoms with Crippen LogP contribution in [0.25, 0.3) is 0 Å². The van der Waals surface area contributed by atoms with Gasteiger partial charge in [0.25, 0.3) is 5.91 Å².